The monoisotopic (exact) mass is 421 g/mol. The van der Waals surface area contributed by atoms with Crippen molar-refractivity contribution in [3.63, 3.8) is 0 Å². The summed E-state index contributed by atoms with van der Waals surface area (Å²) in [5, 5.41) is 0. The molecule has 0 radical (unpaired) electrons. The Morgan fingerprint density at radius 1 is 1.25 bits per heavy atom. The fourth-order valence-corrected chi connectivity index (χ4v) is 4.11. The number of carbonyl (C=O) groups excluding carboxylic acids is 1. The summed E-state index contributed by atoms with van der Waals surface area (Å²) in [6, 6.07) is 2.68. The number of alkyl halides is 3. The molecule has 1 aliphatic rings. The van der Waals surface area contributed by atoms with E-state index in [1.165, 1.54) is 0 Å². The molecule has 0 unspecified atom stereocenters. The molecule has 0 fully saturated rings. The molecule has 2 atom stereocenters. The standard InChI is InChI=1S/C18H22F3NO5S/c1-2-26-17(23)16(12-13-6-4-3-5-7-13)22-28(24,25)15-10-8-14(9-11-15)27-18(19,20)21/h3-4,8-11,13,16,22H,2,5-7,12H2,1H3/t13-,16+/m1/s1. The Morgan fingerprint density at radius 2 is 1.93 bits per heavy atom. The molecule has 0 heterocycles. The second-order valence-electron chi connectivity index (χ2n) is 6.33. The highest BCUT2D eigenvalue weighted by atomic mass is 32.2. The van der Waals surface area contributed by atoms with Crippen LogP contribution in [-0.2, 0) is 19.6 Å². The minimum absolute atomic E-state index is 0.102. The van der Waals surface area contributed by atoms with Crippen LogP contribution >= 0.6 is 0 Å². The van der Waals surface area contributed by atoms with Gasteiger partial charge in [0, 0.05) is 0 Å². The Kier molecular flexibility index (Phi) is 7.48. The number of carbonyl (C=O) groups is 1. The van der Waals surface area contributed by atoms with Crippen LogP contribution in [0.25, 0.3) is 0 Å². The fraction of sp³-hybridized carbons (Fsp3) is 0.500. The van der Waals surface area contributed by atoms with Gasteiger partial charge in [-0.15, -0.1) is 13.2 Å². The maximum Gasteiger partial charge on any atom is 0.573 e. The van der Waals surface area contributed by atoms with Crippen LogP contribution in [-0.4, -0.2) is 33.4 Å². The zero-order valence-electron chi connectivity index (χ0n) is 15.2. The summed E-state index contributed by atoms with van der Waals surface area (Å²) in [5.74, 6) is -1.09. The van der Waals surface area contributed by atoms with Crippen molar-refractivity contribution < 1.29 is 35.9 Å². The zero-order valence-corrected chi connectivity index (χ0v) is 16.1. The predicted molar refractivity (Wildman–Crippen MR) is 95.0 cm³/mol. The molecule has 0 aromatic heterocycles. The third-order valence-corrected chi connectivity index (χ3v) is 5.67. The Balaban J connectivity index is 2.14. The summed E-state index contributed by atoms with van der Waals surface area (Å²) < 4.78 is 72.9. The molecule has 156 valence electrons. The molecular weight excluding hydrogens is 399 g/mol. The van der Waals surface area contributed by atoms with Crippen molar-refractivity contribution in [2.24, 2.45) is 5.92 Å². The normalized spacial score (nSPS) is 18.5. The van der Waals surface area contributed by atoms with Crippen molar-refractivity contribution in [2.45, 2.75) is 49.9 Å². The van der Waals surface area contributed by atoms with Gasteiger partial charge in [-0.05, 0) is 62.8 Å². The molecule has 2 rings (SSSR count). The summed E-state index contributed by atoms with van der Waals surface area (Å²) in [6.07, 6.45) is 1.85. The molecule has 0 saturated heterocycles. The van der Waals surface area contributed by atoms with E-state index in [0.29, 0.717) is 0 Å². The summed E-state index contributed by atoms with van der Waals surface area (Å²) in [6.45, 7) is 1.72. The lowest BCUT2D eigenvalue weighted by Gasteiger charge is -2.24. The molecule has 28 heavy (non-hydrogen) atoms. The van der Waals surface area contributed by atoms with Gasteiger partial charge in [0.15, 0.2) is 0 Å². The third kappa shape index (κ3) is 6.83. The second-order valence-corrected chi connectivity index (χ2v) is 8.05. The quantitative estimate of drug-likeness (QED) is 0.513. The predicted octanol–water partition coefficient (Wildman–Crippen LogP) is 3.54. The molecule has 1 aromatic carbocycles. The summed E-state index contributed by atoms with van der Waals surface area (Å²) in [7, 11) is -4.14. The van der Waals surface area contributed by atoms with Crippen molar-refractivity contribution in [3.05, 3.63) is 36.4 Å². The van der Waals surface area contributed by atoms with Gasteiger partial charge >= 0.3 is 12.3 Å². The smallest absolute Gasteiger partial charge is 0.465 e. The minimum Gasteiger partial charge on any atom is -0.465 e. The van der Waals surface area contributed by atoms with Crippen LogP contribution < -0.4 is 9.46 Å². The summed E-state index contributed by atoms with van der Waals surface area (Å²) in [5.41, 5.74) is 0. The lowest BCUT2D eigenvalue weighted by Crippen LogP contribution is -2.43. The van der Waals surface area contributed by atoms with Crippen LogP contribution in [0.3, 0.4) is 0 Å². The summed E-state index contributed by atoms with van der Waals surface area (Å²) in [4.78, 5) is 11.9. The molecule has 0 spiro atoms. The Bertz CT molecular complexity index is 790. The molecule has 0 saturated carbocycles. The molecule has 1 N–H and O–H groups in total. The van der Waals surface area contributed by atoms with Gasteiger partial charge in [0.2, 0.25) is 10.0 Å². The van der Waals surface area contributed by atoms with Crippen LogP contribution in [0.1, 0.15) is 32.6 Å². The van der Waals surface area contributed by atoms with E-state index in [1.807, 2.05) is 12.2 Å². The second kappa shape index (κ2) is 9.42. The van der Waals surface area contributed by atoms with Gasteiger partial charge in [-0.25, -0.2) is 8.42 Å². The lowest BCUT2D eigenvalue weighted by molar-refractivity contribution is -0.274. The molecule has 1 aliphatic carbocycles. The van der Waals surface area contributed by atoms with Crippen LogP contribution in [0, 0.1) is 5.92 Å². The maximum absolute atomic E-state index is 12.6. The van der Waals surface area contributed by atoms with E-state index < -0.39 is 34.1 Å². The first-order chi connectivity index (χ1) is 13.1. The van der Waals surface area contributed by atoms with Crippen molar-refractivity contribution in [2.75, 3.05) is 6.61 Å². The van der Waals surface area contributed by atoms with Crippen LogP contribution in [0.4, 0.5) is 13.2 Å². The van der Waals surface area contributed by atoms with E-state index >= 15 is 0 Å². The minimum atomic E-state index is -4.87. The van der Waals surface area contributed by atoms with E-state index in [2.05, 4.69) is 9.46 Å². The zero-order chi connectivity index (χ0) is 20.8. The van der Waals surface area contributed by atoms with Gasteiger partial charge in [-0.2, -0.15) is 4.72 Å². The number of sulfonamides is 1. The van der Waals surface area contributed by atoms with Crippen molar-refractivity contribution in [1.82, 2.24) is 4.72 Å². The first-order valence-corrected chi connectivity index (χ1v) is 10.3. The molecule has 6 nitrogen and oxygen atoms in total. The van der Waals surface area contributed by atoms with Crippen molar-refractivity contribution in [1.29, 1.82) is 0 Å². The van der Waals surface area contributed by atoms with Crippen LogP contribution in [0.15, 0.2) is 41.3 Å². The van der Waals surface area contributed by atoms with Gasteiger partial charge in [0.1, 0.15) is 11.8 Å². The van der Waals surface area contributed by atoms with Gasteiger partial charge in [-0.3, -0.25) is 4.79 Å². The Labute approximate surface area is 161 Å². The Morgan fingerprint density at radius 3 is 2.46 bits per heavy atom. The molecule has 0 bridgehead atoms. The lowest BCUT2D eigenvalue weighted by atomic mass is 9.89. The highest BCUT2D eigenvalue weighted by molar-refractivity contribution is 7.89. The molecule has 1 aromatic rings. The van der Waals surface area contributed by atoms with E-state index in [1.54, 1.807) is 6.92 Å². The number of rotatable bonds is 8. The Hall–Kier alpha value is -2.07. The molecule has 0 aliphatic heterocycles. The highest BCUT2D eigenvalue weighted by Gasteiger charge is 2.32. The first kappa shape index (κ1) is 22.2. The van der Waals surface area contributed by atoms with Gasteiger partial charge in [0.25, 0.3) is 0 Å². The number of hydrogen-bond donors (Lipinski definition) is 1. The molecule has 0 amide bonds. The van der Waals surface area contributed by atoms with Crippen LogP contribution in [0.5, 0.6) is 5.75 Å². The number of benzene rings is 1. The van der Waals surface area contributed by atoms with E-state index in [9.17, 15) is 26.4 Å². The summed E-state index contributed by atoms with van der Waals surface area (Å²) >= 11 is 0. The number of hydrogen-bond acceptors (Lipinski definition) is 5. The largest absolute Gasteiger partial charge is 0.573 e. The van der Waals surface area contributed by atoms with E-state index in [0.717, 1.165) is 43.5 Å². The number of ether oxygens (including phenoxy) is 2. The number of halogens is 3. The van der Waals surface area contributed by atoms with E-state index in [-0.39, 0.29) is 23.8 Å². The third-order valence-electron chi connectivity index (χ3n) is 4.18. The molecule has 10 heteroatoms. The number of nitrogens with one attached hydrogen (secondary N) is 1. The SMILES string of the molecule is CCOC(=O)[C@H](C[C@@H]1CC=CCC1)NS(=O)(=O)c1ccc(OC(F)(F)F)cc1. The van der Waals surface area contributed by atoms with Gasteiger partial charge in [-0.1, -0.05) is 12.2 Å². The number of esters is 1. The number of allylic oxidation sites excluding steroid dienone is 2. The highest BCUT2D eigenvalue weighted by Crippen LogP contribution is 2.26. The molecular formula is C18H22F3NO5S. The van der Waals surface area contributed by atoms with Gasteiger partial charge in [0.05, 0.1) is 11.5 Å². The van der Waals surface area contributed by atoms with E-state index in [4.69, 9.17) is 4.74 Å². The maximum atomic E-state index is 12.6. The first-order valence-electron chi connectivity index (χ1n) is 8.80. The topological polar surface area (TPSA) is 81.7 Å². The average Bonchev–Trinajstić information content (AvgIpc) is 2.61. The van der Waals surface area contributed by atoms with Crippen molar-refractivity contribution in [3.8, 4) is 5.75 Å². The fourth-order valence-electron chi connectivity index (χ4n) is 2.91. The van der Waals surface area contributed by atoms with Crippen LogP contribution in [0.2, 0.25) is 0 Å². The van der Waals surface area contributed by atoms with Crippen molar-refractivity contribution >= 4 is 16.0 Å². The van der Waals surface area contributed by atoms with Gasteiger partial charge < -0.3 is 9.47 Å². The average molecular weight is 421 g/mol.